The first kappa shape index (κ1) is 13.8. The molecule has 2 aromatic heterocycles. The minimum atomic E-state index is -0.237. The highest BCUT2D eigenvalue weighted by atomic mass is 32.1. The Morgan fingerprint density at radius 2 is 2.32 bits per heavy atom. The maximum absolute atomic E-state index is 11.6. The molecule has 0 spiro atoms. The molecule has 102 valence electrons. The Hall–Kier alpha value is -1.63. The van der Waals surface area contributed by atoms with Gasteiger partial charge >= 0.3 is 0 Å². The molecule has 0 fully saturated rings. The SMILES string of the molecule is CCN(Cc1ccco1)Cc1ccsc1C(=O)NN. The number of nitrogen functional groups attached to an aromatic ring is 1. The summed E-state index contributed by atoms with van der Waals surface area (Å²) < 4.78 is 5.35. The van der Waals surface area contributed by atoms with Crippen molar-refractivity contribution in [3.8, 4) is 0 Å². The highest BCUT2D eigenvalue weighted by Gasteiger charge is 2.15. The minimum Gasteiger partial charge on any atom is -0.468 e. The molecule has 6 heteroatoms. The first-order chi connectivity index (χ1) is 9.24. The molecule has 0 saturated heterocycles. The second-order valence-corrected chi connectivity index (χ2v) is 5.05. The average molecular weight is 279 g/mol. The van der Waals surface area contributed by atoms with Gasteiger partial charge in [0.25, 0.3) is 5.91 Å². The van der Waals surface area contributed by atoms with Gasteiger partial charge in [0.05, 0.1) is 17.7 Å². The van der Waals surface area contributed by atoms with Crippen molar-refractivity contribution in [2.75, 3.05) is 6.54 Å². The van der Waals surface area contributed by atoms with Crippen LogP contribution in [0.2, 0.25) is 0 Å². The summed E-state index contributed by atoms with van der Waals surface area (Å²) in [4.78, 5) is 14.5. The Labute approximate surface area is 116 Å². The van der Waals surface area contributed by atoms with Gasteiger partial charge in [0.2, 0.25) is 0 Å². The number of hydrogen-bond donors (Lipinski definition) is 2. The molecule has 0 unspecified atom stereocenters. The number of hydrazine groups is 1. The van der Waals surface area contributed by atoms with Crippen molar-refractivity contribution >= 4 is 17.2 Å². The van der Waals surface area contributed by atoms with E-state index in [-0.39, 0.29) is 5.91 Å². The molecule has 0 aliphatic rings. The fraction of sp³-hybridized carbons (Fsp3) is 0.308. The first-order valence-electron chi connectivity index (χ1n) is 6.06. The fourth-order valence-corrected chi connectivity index (χ4v) is 2.69. The quantitative estimate of drug-likeness (QED) is 0.482. The fourth-order valence-electron chi connectivity index (χ4n) is 1.87. The maximum Gasteiger partial charge on any atom is 0.275 e. The summed E-state index contributed by atoms with van der Waals surface area (Å²) in [6.07, 6.45) is 1.67. The Morgan fingerprint density at radius 1 is 1.47 bits per heavy atom. The lowest BCUT2D eigenvalue weighted by atomic mass is 10.2. The van der Waals surface area contributed by atoms with Crippen LogP contribution in [-0.4, -0.2) is 17.4 Å². The van der Waals surface area contributed by atoms with Crippen molar-refractivity contribution in [1.29, 1.82) is 0 Å². The van der Waals surface area contributed by atoms with Crippen LogP contribution in [0, 0.1) is 0 Å². The number of nitrogens with one attached hydrogen (secondary N) is 1. The van der Waals surface area contributed by atoms with Crippen molar-refractivity contribution in [2.45, 2.75) is 20.0 Å². The lowest BCUT2D eigenvalue weighted by Crippen LogP contribution is -2.31. The van der Waals surface area contributed by atoms with Crippen LogP contribution in [0.15, 0.2) is 34.3 Å². The molecule has 0 bridgehead atoms. The molecule has 3 N–H and O–H groups in total. The summed E-state index contributed by atoms with van der Waals surface area (Å²) in [5.41, 5.74) is 3.17. The van der Waals surface area contributed by atoms with E-state index in [0.717, 1.165) is 24.4 Å². The van der Waals surface area contributed by atoms with Crippen LogP contribution in [0.25, 0.3) is 0 Å². The number of nitrogens with two attached hydrogens (primary N) is 1. The van der Waals surface area contributed by atoms with E-state index >= 15 is 0 Å². The van der Waals surface area contributed by atoms with Crippen LogP contribution in [0.4, 0.5) is 0 Å². The van der Waals surface area contributed by atoms with Crippen molar-refractivity contribution in [3.05, 3.63) is 46.0 Å². The number of rotatable bonds is 6. The van der Waals surface area contributed by atoms with Crippen molar-refractivity contribution in [1.82, 2.24) is 10.3 Å². The molecular formula is C13H17N3O2S. The number of carbonyl (C=O) groups excluding carboxylic acids is 1. The molecule has 2 heterocycles. The Bertz CT molecular complexity index is 522. The van der Waals surface area contributed by atoms with E-state index < -0.39 is 0 Å². The summed E-state index contributed by atoms with van der Waals surface area (Å²) >= 11 is 1.40. The van der Waals surface area contributed by atoms with Crippen LogP contribution in [0.3, 0.4) is 0 Å². The van der Waals surface area contributed by atoms with Crippen LogP contribution in [-0.2, 0) is 13.1 Å². The zero-order chi connectivity index (χ0) is 13.7. The van der Waals surface area contributed by atoms with E-state index in [9.17, 15) is 4.79 Å². The summed E-state index contributed by atoms with van der Waals surface area (Å²) in [6.45, 7) is 4.38. The van der Waals surface area contributed by atoms with Crippen molar-refractivity contribution in [3.63, 3.8) is 0 Å². The monoisotopic (exact) mass is 279 g/mol. The lowest BCUT2D eigenvalue weighted by molar-refractivity contribution is 0.0955. The Morgan fingerprint density at radius 3 is 2.95 bits per heavy atom. The van der Waals surface area contributed by atoms with Gasteiger partial charge in [0.15, 0.2) is 0 Å². The molecule has 0 aliphatic heterocycles. The number of hydrogen-bond acceptors (Lipinski definition) is 5. The topological polar surface area (TPSA) is 71.5 Å². The second-order valence-electron chi connectivity index (χ2n) is 4.13. The van der Waals surface area contributed by atoms with Gasteiger partial charge < -0.3 is 4.42 Å². The van der Waals surface area contributed by atoms with Gasteiger partial charge in [0.1, 0.15) is 5.76 Å². The number of amides is 1. The van der Waals surface area contributed by atoms with Gasteiger partial charge in [-0.05, 0) is 35.7 Å². The molecule has 0 aromatic carbocycles. The van der Waals surface area contributed by atoms with Gasteiger partial charge in [-0.2, -0.15) is 0 Å². The Kier molecular flexibility index (Phi) is 4.73. The van der Waals surface area contributed by atoms with Gasteiger partial charge in [-0.25, -0.2) is 5.84 Å². The van der Waals surface area contributed by atoms with E-state index in [2.05, 4.69) is 17.2 Å². The average Bonchev–Trinajstić information content (AvgIpc) is 3.08. The summed E-state index contributed by atoms with van der Waals surface area (Å²) in [5.74, 6) is 5.87. The van der Waals surface area contributed by atoms with E-state index in [1.54, 1.807) is 6.26 Å². The van der Waals surface area contributed by atoms with Gasteiger partial charge in [-0.3, -0.25) is 15.1 Å². The summed E-state index contributed by atoms with van der Waals surface area (Å²) in [6, 6.07) is 5.78. The number of thiophene rings is 1. The van der Waals surface area contributed by atoms with E-state index in [1.165, 1.54) is 11.3 Å². The zero-order valence-corrected chi connectivity index (χ0v) is 11.6. The third kappa shape index (κ3) is 3.44. The molecular weight excluding hydrogens is 262 g/mol. The van der Waals surface area contributed by atoms with Crippen molar-refractivity contribution < 1.29 is 9.21 Å². The summed E-state index contributed by atoms with van der Waals surface area (Å²) in [5, 5.41) is 1.90. The van der Waals surface area contributed by atoms with E-state index in [4.69, 9.17) is 10.3 Å². The van der Waals surface area contributed by atoms with Gasteiger partial charge in [-0.15, -0.1) is 11.3 Å². The molecule has 0 saturated carbocycles. The first-order valence-corrected chi connectivity index (χ1v) is 6.94. The number of nitrogens with zero attached hydrogens (tertiary/aromatic N) is 1. The van der Waals surface area contributed by atoms with Crippen LogP contribution in [0.5, 0.6) is 0 Å². The molecule has 0 radical (unpaired) electrons. The normalized spacial score (nSPS) is 10.9. The molecule has 5 nitrogen and oxygen atoms in total. The number of carbonyl (C=O) groups is 1. The lowest BCUT2D eigenvalue weighted by Gasteiger charge is -2.19. The Balaban J connectivity index is 2.06. The molecule has 2 aromatic rings. The minimum absolute atomic E-state index is 0.237. The predicted octanol–water partition coefficient (Wildman–Crippen LogP) is 1.97. The maximum atomic E-state index is 11.6. The summed E-state index contributed by atoms with van der Waals surface area (Å²) in [7, 11) is 0. The van der Waals surface area contributed by atoms with Crippen LogP contribution >= 0.6 is 11.3 Å². The molecule has 19 heavy (non-hydrogen) atoms. The van der Waals surface area contributed by atoms with Crippen LogP contribution < -0.4 is 11.3 Å². The highest BCUT2D eigenvalue weighted by Crippen LogP contribution is 2.19. The third-order valence-corrected chi connectivity index (χ3v) is 3.84. The number of furan rings is 1. The van der Waals surface area contributed by atoms with Gasteiger partial charge in [0, 0.05) is 6.54 Å². The standard InChI is InChI=1S/C13H17N3O2S/c1-2-16(9-11-4-3-6-18-11)8-10-5-7-19-12(10)13(17)15-14/h3-7H,2,8-9,14H2,1H3,(H,15,17). The second kappa shape index (κ2) is 6.51. The van der Waals surface area contributed by atoms with Crippen molar-refractivity contribution in [2.24, 2.45) is 5.84 Å². The zero-order valence-electron chi connectivity index (χ0n) is 10.8. The molecule has 0 atom stereocenters. The smallest absolute Gasteiger partial charge is 0.275 e. The molecule has 2 rings (SSSR count). The van der Waals surface area contributed by atoms with E-state index in [1.807, 2.05) is 23.6 Å². The highest BCUT2D eigenvalue weighted by molar-refractivity contribution is 7.12. The third-order valence-electron chi connectivity index (χ3n) is 2.88. The molecule has 1 amide bonds. The largest absolute Gasteiger partial charge is 0.468 e. The van der Waals surface area contributed by atoms with E-state index in [0.29, 0.717) is 11.4 Å². The van der Waals surface area contributed by atoms with Gasteiger partial charge in [-0.1, -0.05) is 6.92 Å². The predicted molar refractivity (Wildman–Crippen MR) is 74.5 cm³/mol. The van der Waals surface area contributed by atoms with Crippen LogP contribution in [0.1, 0.15) is 27.9 Å². The molecule has 0 aliphatic carbocycles.